The van der Waals surface area contributed by atoms with Crippen LogP contribution in [0.1, 0.15) is 96.8 Å². The molecular formula is C28H46MnO8P-2. The van der Waals surface area contributed by atoms with E-state index in [4.69, 9.17) is 14.7 Å². The van der Waals surface area contributed by atoms with Gasteiger partial charge in [0, 0.05) is 0 Å². The van der Waals surface area contributed by atoms with Gasteiger partial charge in [0.2, 0.25) is 0 Å². The molecule has 220 valence electrons. The Balaban J connectivity index is -0.000000443. The Morgan fingerprint density at radius 2 is 1.26 bits per heavy atom. The van der Waals surface area contributed by atoms with E-state index in [1.807, 2.05) is 12.2 Å². The van der Waals surface area contributed by atoms with Crippen molar-refractivity contribution in [2.24, 2.45) is 5.41 Å². The van der Waals surface area contributed by atoms with Gasteiger partial charge in [0.15, 0.2) is 0 Å². The van der Waals surface area contributed by atoms with E-state index in [2.05, 4.69) is 19.1 Å². The van der Waals surface area contributed by atoms with E-state index in [-0.39, 0.29) is 35.6 Å². The third kappa shape index (κ3) is 24.2. The fourth-order valence-corrected chi connectivity index (χ4v) is 3.59. The van der Waals surface area contributed by atoms with Gasteiger partial charge < -0.3 is 46.0 Å². The van der Waals surface area contributed by atoms with Crippen molar-refractivity contribution in [3.05, 3.63) is 42.9 Å². The molecule has 8 nitrogen and oxygen atoms in total. The molecule has 0 saturated carbocycles. The Morgan fingerprint density at radius 3 is 1.53 bits per heavy atom. The monoisotopic (exact) mass is 596 g/mol. The number of unbranched alkanes of at least 4 members (excludes halogenated alkanes) is 11. The molecule has 0 spiro atoms. The summed E-state index contributed by atoms with van der Waals surface area (Å²) < 4.78 is 0. The summed E-state index contributed by atoms with van der Waals surface area (Å²) in [6.07, 6.45) is 24.7. The number of hydrogen-bond donors (Lipinski definition) is 3. The van der Waals surface area contributed by atoms with Gasteiger partial charge in [-0.25, -0.2) is 21.7 Å². The van der Waals surface area contributed by atoms with Crippen LogP contribution in [0.5, 0.6) is 0 Å². The smallest absolute Gasteiger partial charge is 0.854 e. The molecule has 10 heteroatoms. The Bertz CT molecular complexity index is 659. The summed E-state index contributed by atoms with van der Waals surface area (Å²) in [6.45, 7) is 0.336. The minimum absolute atomic E-state index is 0. The van der Waals surface area contributed by atoms with Gasteiger partial charge in [-0.1, -0.05) is 77.6 Å². The second kappa shape index (κ2) is 32.3. The maximum Gasteiger partial charge on any atom is 3.00 e. The van der Waals surface area contributed by atoms with Gasteiger partial charge in [-0.2, -0.15) is 6.08 Å². The number of hydrogen-bond acceptors (Lipinski definition) is 8. The second-order valence-electron chi connectivity index (χ2n) is 8.68. The first-order chi connectivity index (χ1) is 17.4. The molecule has 0 aromatic rings. The van der Waals surface area contributed by atoms with E-state index in [1.165, 1.54) is 57.8 Å². The predicted molar refractivity (Wildman–Crippen MR) is 143 cm³/mol. The Morgan fingerprint density at radius 1 is 0.842 bits per heavy atom. The summed E-state index contributed by atoms with van der Waals surface area (Å²) in [4.78, 5) is 47.9. The Kier molecular flexibility index (Phi) is 37.5. The van der Waals surface area contributed by atoms with Crippen molar-refractivity contribution in [1.82, 2.24) is 0 Å². The third-order valence-corrected chi connectivity index (χ3v) is 5.83. The Labute approximate surface area is 241 Å². The van der Waals surface area contributed by atoms with Crippen molar-refractivity contribution in [1.29, 1.82) is 0 Å². The minimum atomic E-state index is -3.37. The van der Waals surface area contributed by atoms with Crippen LogP contribution in [-0.2, 0) is 26.7 Å². The standard InChI is InChI=1S/C22H38O5.C5H5.CH3.Mn.O3P/c1-2-3-4-5-6-7-8-9-10-11-12-13-14-20(15-23)21(16-24)22(17-25,18-26)19-27;1-2-4-5-3-1;;;1-4(2)3/h25-27H,2-14,17-19H2,1H3;1-3H,4H2;1H3;;/q;2*-1;+3;-3. The maximum absolute atomic E-state index is 11.3. The molecule has 1 aliphatic carbocycles. The quantitative estimate of drug-likeness (QED) is 0.0543. The van der Waals surface area contributed by atoms with E-state index in [0.717, 1.165) is 25.7 Å². The molecule has 1 rings (SSSR count). The van der Waals surface area contributed by atoms with Crippen LogP contribution in [0.4, 0.5) is 0 Å². The van der Waals surface area contributed by atoms with Crippen LogP contribution in [0.2, 0.25) is 0 Å². The average molecular weight is 597 g/mol. The molecule has 0 fully saturated rings. The average Bonchev–Trinajstić information content (AvgIpc) is 3.46. The number of aliphatic hydroxyl groups excluding tert-OH is 3. The van der Waals surface area contributed by atoms with Gasteiger partial charge in [0.05, 0.1) is 36.4 Å². The van der Waals surface area contributed by atoms with Crippen LogP contribution in [0.25, 0.3) is 0 Å². The summed E-state index contributed by atoms with van der Waals surface area (Å²) in [5.74, 6) is 3.36. The van der Waals surface area contributed by atoms with E-state index in [0.29, 0.717) is 6.42 Å². The number of rotatable bonds is 18. The van der Waals surface area contributed by atoms with Crippen LogP contribution < -0.4 is 14.7 Å². The van der Waals surface area contributed by atoms with Gasteiger partial charge in [0.1, 0.15) is 11.9 Å². The van der Waals surface area contributed by atoms with Crippen LogP contribution in [-0.4, -0.2) is 47.0 Å². The van der Waals surface area contributed by atoms with Crippen molar-refractivity contribution in [2.45, 2.75) is 96.8 Å². The normalized spacial score (nSPS) is 11.2. The van der Waals surface area contributed by atoms with Gasteiger partial charge in [-0.3, -0.25) is 6.08 Å². The molecule has 0 aliphatic heterocycles. The van der Waals surface area contributed by atoms with Gasteiger partial charge in [-0.05, 0) is 12.8 Å². The topological polar surface area (TPSA) is 164 Å². The van der Waals surface area contributed by atoms with Crippen LogP contribution >= 0.6 is 8.60 Å². The number of allylic oxidation sites excluding steroid dienone is 5. The van der Waals surface area contributed by atoms with Crippen molar-refractivity contribution in [2.75, 3.05) is 19.8 Å². The molecule has 0 unspecified atom stereocenters. The number of carbonyl (C=O) groups excluding carboxylic acids is 2. The van der Waals surface area contributed by atoms with Crippen molar-refractivity contribution < 1.29 is 56.7 Å². The summed E-state index contributed by atoms with van der Waals surface area (Å²) in [7, 11) is -3.37. The summed E-state index contributed by atoms with van der Waals surface area (Å²) in [5.41, 5.74) is -1.60. The molecule has 0 heterocycles. The molecular weight excluding hydrogens is 550 g/mol. The second-order valence-corrected chi connectivity index (χ2v) is 9.13. The first-order valence-corrected chi connectivity index (χ1v) is 13.8. The molecule has 0 aromatic carbocycles. The molecule has 0 saturated heterocycles. The van der Waals surface area contributed by atoms with Crippen molar-refractivity contribution >= 4 is 20.5 Å². The van der Waals surface area contributed by atoms with Gasteiger partial charge >= 0.3 is 17.1 Å². The van der Waals surface area contributed by atoms with Gasteiger partial charge in [0.25, 0.3) is 0 Å². The molecule has 0 amide bonds. The van der Waals surface area contributed by atoms with Crippen molar-refractivity contribution in [3.63, 3.8) is 0 Å². The van der Waals surface area contributed by atoms with Crippen LogP contribution in [0.3, 0.4) is 0 Å². The molecule has 38 heavy (non-hydrogen) atoms. The molecule has 0 aromatic heterocycles. The largest absolute Gasteiger partial charge is 3.00 e. The van der Waals surface area contributed by atoms with Gasteiger partial charge in [-0.15, -0.1) is 6.42 Å². The zero-order valence-corrected chi connectivity index (χ0v) is 25.0. The fraction of sp³-hybridized carbons (Fsp3) is 0.679. The van der Waals surface area contributed by atoms with Crippen molar-refractivity contribution in [3.8, 4) is 0 Å². The fourth-order valence-electron chi connectivity index (χ4n) is 3.59. The molecule has 3 N–H and O–H groups in total. The van der Waals surface area contributed by atoms with E-state index in [9.17, 15) is 24.9 Å². The SMILES string of the molecule is CCCCCCCCCCCCCCC(=C=O)C(=C=O)C(CO)(CO)CO.[C-]1=CC=CC1.[CH3-].[Mn+3].[O-]P([O-])[O-]. The molecule has 1 aliphatic rings. The first kappa shape index (κ1) is 44.1. The summed E-state index contributed by atoms with van der Waals surface area (Å²) in [6, 6.07) is 0. The van der Waals surface area contributed by atoms with E-state index >= 15 is 0 Å². The third-order valence-electron chi connectivity index (χ3n) is 5.83. The summed E-state index contributed by atoms with van der Waals surface area (Å²) in [5, 5.41) is 28.3. The summed E-state index contributed by atoms with van der Waals surface area (Å²) >= 11 is 0. The van der Waals surface area contributed by atoms with E-state index in [1.54, 1.807) is 11.9 Å². The van der Waals surface area contributed by atoms with Crippen LogP contribution in [0, 0.1) is 18.9 Å². The predicted octanol–water partition coefficient (Wildman–Crippen LogP) is 2.60. The minimum Gasteiger partial charge on any atom is -0.854 e. The van der Waals surface area contributed by atoms with Crippen LogP contribution in [0.15, 0.2) is 29.4 Å². The zero-order valence-electron chi connectivity index (χ0n) is 23.0. The molecule has 0 radical (unpaired) electrons. The van der Waals surface area contributed by atoms with E-state index < -0.39 is 33.8 Å². The molecule has 0 bridgehead atoms. The number of aliphatic hydroxyl groups is 3. The zero-order chi connectivity index (χ0) is 27.5. The maximum atomic E-state index is 11.3. The Hall–Kier alpha value is -0.911. The first-order valence-electron chi connectivity index (χ1n) is 12.7. The molecule has 0 atom stereocenters.